The van der Waals surface area contributed by atoms with Gasteiger partial charge in [-0.15, -0.1) is 0 Å². The summed E-state index contributed by atoms with van der Waals surface area (Å²) < 4.78 is 0. The van der Waals surface area contributed by atoms with E-state index in [9.17, 15) is 9.90 Å². The fraction of sp³-hybridized carbons (Fsp3) is 0.632. The molecule has 2 amide bonds. The van der Waals surface area contributed by atoms with Crippen LogP contribution in [0.1, 0.15) is 30.4 Å². The summed E-state index contributed by atoms with van der Waals surface area (Å²) >= 11 is 0. The van der Waals surface area contributed by atoms with Crippen LogP contribution in [0, 0.1) is 17.8 Å². The van der Waals surface area contributed by atoms with Gasteiger partial charge in [0.25, 0.3) is 0 Å². The molecule has 0 spiro atoms. The summed E-state index contributed by atoms with van der Waals surface area (Å²) in [5, 5.41) is 15.7. The number of hydrogen-bond acceptors (Lipinski definition) is 3. The largest absolute Gasteiger partial charge is 0.396 e. The lowest BCUT2D eigenvalue weighted by Gasteiger charge is -2.30. The molecule has 2 aliphatic carbocycles. The second kappa shape index (κ2) is 7.53. The molecule has 3 rings (SSSR count). The molecule has 132 valence electrons. The molecule has 4 atom stereocenters. The van der Waals surface area contributed by atoms with Gasteiger partial charge in [-0.3, -0.25) is 0 Å². The van der Waals surface area contributed by atoms with Crippen LogP contribution in [0.3, 0.4) is 0 Å². The Morgan fingerprint density at radius 1 is 1.21 bits per heavy atom. The van der Waals surface area contributed by atoms with E-state index in [1.54, 1.807) is 0 Å². The molecule has 0 aromatic heterocycles. The molecular weight excluding hydrogens is 302 g/mol. The Kier molecular flexibility index (Phi) is 5.41. The van der Waals surface area contributed by atoms with E-state index in [-0.39, 0.29) is 24.6 Å². The van der Waals surface area contributed by atoms with Crippen molar-refractivity contribution >= 4 is 6.03 Å². The van der Waals surface area contributed by atoms with Crippen molar-refractivity contribution in [3.8, 4) is 0 Å². The third kappa shape index (κ3) is 3.73. The maximum absolute atomic E-state index is 12.3. The average molecular weight is 331 g/mol. The highest BCUT2D eigenvalue weighted by molar-refractivity contribution is 5.74. The number of hydrogen-bond donors (Lipinski definition) is 3. The molecule has 24 heavy (non-hydrogen) atoms. The van der Waals surface area contributed by atoms with Crippen LogP contribution in [0.25, 0.3) is 0 Å². The zero-order valence-corrected chi connectivity index (χ0v) is 14.7. The third-order valence-corrected chi connectivity index (χ3v) is 5.64. The van der Waals surface area contributed by atoms with Crippen molar-refractivity contribution in [3.63, 3.8) is 0 Å². The molecule has 1 aromatic carbocycles. The average Bonchev–Trinajstić information content (AvgIpc) is 3.14. The minimum absolute atomic E-state index is 0.120. The Balaban J connectivity index is 1.55. The Bertz CT molecular complexity index is 575. The van der Waals surface area contributed by atoms with Crippen LogP contribution >= 0.6 is 0 Å². The number of benzene rings is 1. The number of urea groups is 1. The molecule has 2 aliphatic rings. The highest BCUT2D eigenvalue weighted by Gasteiger charge is 2.47. The lowest BCUT2D eigenvalue weighted by Crippen LogP contribution is -2.48. The Hall–Kier alpha value is -1.59. The smallest absolute Gasteiger partial charge is 0.315 e. The van der Waals surface area contributed by atoms with Gasteiger partial charge in [0.1, 0.15) is 0 Å². The van der Waals surface area contributed by atoms with Gasteiger partial charge in [-0.25, -0.2) is 4.79 Å². The van der Waals surface area contributed by atoms with Gasteiger partial charge in [0.05, 0.1) is 0 Å². The summed E-state index contributed by atoms with van der Waals surface area (Å²) in [5.74, 6) is 1.36. The number of carbonyl (C=O) groups excluding carboxylic acids is 1. The van der Waals surface area contributed by atoms with Crippen LogP contribution in [-0.2, 0) is 13.1 Å². The van der Waals surface area contributed by atoms with Gasteiger partial charge in [0.15, 0.2) is 0 Å². The van der Waals surface area contributed by atoms with Crippen LogP contribution < -0.4 is 10.6 Å². The van der Waals surface area contributed by atoms with Gasteiger partial charge in [-0.05, 0) is 56.3 Å². The number of aliphatic hydroxyl groups is 1. The van der Waals surface area contributed by atoms with E-state index in [2.05, 4.69) is 27.7 Å². The second-order valence-corrected chi connectivity index (χ2v) is 7.54. The van der Waals surface area contributed by atoms with Gasteiger partial charge in [-0.2, -0.15) is 0 Å². The molecule has 0 saturated heterocycles. The van der Waals surface area contributed by atoms with Crippen molar-refractivity contribution in [1.82, 2.24) is 15.5 Å². The van der Waals surface area contributed by atoms with Crippen LogP contribution in [0.2, 0.25) is 0 Å². The number of fused-ring (bicyclic) bond motifs is 2. The molecule has 2 saturated carbocycles. The predicted octanol–water partition coefficient (Wildman–Crippen LogP) is 1.95. The van der Waals surface area contributed by atoms with Gasteiger partial charge < -0.3 is 20.6 Å². The Labute approximate surface area is 144 Å². The van der Waals surface area contributed by atoms with Crippen molar-refractivity contribution in [1.29, 1.82) is 0 Å². The number of rotatable bonds is 6. The van der Waals surface area contributed by atoms with Gasteiger partial charge >= 0.3 is 6.03 Å². The first-order valence-corrected chi connectivity index (χ1v) is 8.95. The van der Waals surface area contributed by atoms with Gasteiger partial charge in [-0.1, -0.05) is 24.3 Å². The van der Waals surface area contributed by atoms with Crippen LogP contribution in [0.15, 0.2) is 24.3 Å². The molecule has 3 N–H and O–H groups in total. The zero-order valence-electron chi connectivity index (χ0n) is 14.7. The summed E-state index contributed by atoms with van der Waals surface area (Å²) in [6.45, 7) is 1.57. The van der Waals surface area contributed by atoms with Crippen LogP contribution in [0.4, 0.5) is 4.79 Å². The number of nitrogens with zero attached hydrogens (tertiary/aromatic N) is 1. The van der Waals surface area contributed by atoms with E-state index in [1.807, 2.05) is 26.2 Å². The minimum atomic E-state index is -0.120. The quantitative estimate of drug-likeness (QED) is 0.746. The molecule has 4 unspecified atom stereocenters. The number of amides is 2. The fourth-order valence-electron chi connectivity index (χ4n) is 4.50. The SMILES string of the molecule is CN(C)Cc1ccccc1CNC(=O)NC1C2CCC(C2)C1CO. The van der Waals surface area contributed by atoms with E-state index in [4.69, 9.17) is 0 Å². The first-order chi connectivity index (χ1) is 11.6. The summed E-state index contributed by atoms with van der Waals surface area (Å²) in [5.41, 5.74) is 2.38. The monoisotopic (exact) mass is 331 g/mol. The first kappa shape index (κ1) is 17.2. The summed E-state index contributed by atoms with van der Waals surface area (Å²) in [4.78, 5) is 14.5. The lowest BCUT2D eigenvalue weighted by molar-refractivity contribution is 0.144. The first-order valence-electron chi connectivity index (χ1n) is 8.95. The minimum Gasteiger partial charge on any atom is -0.396 e. The summed E-state index contributed by atoms with van der Waals surface area (Å²) in [6, 6.07) is 8.21. The predicted molar refractivity (Wildman–Crippen MR) is 94.4 cm³/mol. The molecule has 2 fully saturated rings. The molecule has 0 radical (unpaired) electrons. The summed E-state index contributed by atoms with van der Waals surface area (Å²) in [6.07, 6.45) is 3.53. The van der Waals surface area contributed by atoms with Gasteiger partial charge in [0, 0.05) is 31.7 Å². The number of aliphatic hydroxyl groups excluding tert-OH is 1. The normalized spacial score (nSPS) is 28.3. The second-order valence-electron chi connectivity index (χ2n) is 7.54. The lowest BCUT2D eigenvalue weighted by atomic mass is 9.85. The van der Waals surface area contributed by atoms with E-state index in [1.165, 1.54) is 18.4 Å². The maximum atomic E-state index is 12.3. The van der Waals surface area contributed by atoms with Crippen molar-refractivity contribution in [2.75, 3.05) is 20.7 Å². The van der Waals surface area contributed by atoms with Crippen molar-refractivity contribution in [2.24, 2.45) is 17.8 Å². The highest BCUT2D eigenvalue weighted by atomic mass is 16.3. The van der Waals surface area contributed by atoms with Crippen molar-refractivity contribution in [2.45, 2.75) is 38.4 Å². The van der Waals surface area contributed by atoms with Crippen LogP contribution in [-0.4, -0.2) is 42.8 Å². The standard InChI is InChI=1S/C19H29N3O2/c1-22(2)11-16-6-4-3-5-15(16)10-20-19(24)21-18-14-8-7-13(9-14)17(18)12-23/h3-6,13-14,17-18,23H,7-12H2,1-2H3,(H2,20,21,24). The van der Waals surface area contributed by atoms with Gasteiger partial charge in [0.2, 0.25) is 0 Å². The molecule has 1 aromatic rings. The fourth-order valence-corrected chi connectivity index (χ4v) is 4.50. The van der Waals surface area contributed by atoms with Crippen molar-refractivity contribution < 1.29 is 9.90 Å². The van der Waals surface area contributed by atoms with Crippen molar-refractivity contribution in [3.05, 3.63) is 35.4 Å². The topological polar surface area (TPSA) is 64.6 Å². The third-order valence-electron chi connectivity index (χ3n) is 5.64. The highest BCUT2D eigenvalue weighted by Crippen LogP contribution is 2.48. The molecule has 5 heteroatoms. The van der Waals surface area contributed by atoms with E-state index in [0.29, 0.717) is 18.4 Å². The van der Waals surface area contributed by atoms with E-state index >= 15 is 0 Å². The number of nitrogens with one attached hydrogen (secondary N) is 2. The molecule has 0 aliphatic heterocycles. The molecule has 2 bridgehead atoms. The Morgan fingerprint density at radius 3 is 2.62 bits per heavy atom. The van der Waals surface area contributed by atoms with Crippen LogP contribution in [0.5, 0.6) is 0 Å². The molecular formula is C19H29N3O2. The van der Waals surface area contributed by atoms with E-state index < -0.39 is 0 Å². The number of carbonyl (C=O) groups is 1. The Morgan fingerprint density at radius 2 is 1.92 bits per heavy atom. The molecule has 5 nitrogen and oxygen atoms in total. The molecule has 0 heterocycles. The summed E-state index contributed by atoms with van der Waals surface area (Å²) in [7, 11) is 4.09. The van der Waals surface area contributed by atoms with E-state index in [0.717, 1.165) is 18.5 Å². The zero-order chi connectivity index (χ0) is 17.1. The maximum Gasteiger partial charge on any atom is 0.315 e.